The maximum absolute atomic E-state index is 11.9. The van der Waals surface area contributed by atoms with Gasteiger partial charge >= 0.3 is 0 Å². The third-order valence-corrected chi connectivity index (χ3v) is 2.43. The van der Waals surface area contributed by atoms with Gasteiger partial charge in [-0.25, -0.2) is 0 Å². The number of rotatable bonds is 5. The lowest BCUT2D eigenvalue weighted by atomic mass is 10.1. The molecule has 0 unspecified atom stereocenters. The number of nitrogens with two attached hydrogens (primary N) is 1. The zero-order chi connectivity index (χ0) is 14.5. The van der Waals surface area contributed by atoms with Crippen LogP contribution in [0.3, 0.4) is 0 Å². The van der Waals surface area contributed by atoms with E-state index in [9.17, 15) is 9.59 Å². The average molecular weight is 263 g/mol. The first kappa shape index (κ1) is 15.2. The smallest absolute Gasteiger partial charge is 0.251 e. The molecule has 0 radical (unpaired) electrons. The maximum Gasteiger partial charge on any atom is 0.251 e. The highest BCUT2D eigenvalue weighted by molar-refractivity contribution is 5.97. The van der Waals surface area contributed by atoms with E-state index in [1.165, 1.54) is 0 Å². The summed E-state index contributed by atoms with van der Waals surface area (Å²) < 4.78 is 0. The predicted octanol–water partition coefficient (Wildman–Crippen LogP) is 1.50. The van der Waals surface area contributed by atoms with Crippen LogP contribution >= 0.6 is 0 Å². The van der Waals surface area contributed by atoms with E-state index in [-0.39, 0.29) is 11.8 Å². The van der Waals surface area contributed by atoms with Crippen molar-refractivity contribution in [1.29, 1.82) is 0 Å². The minimum absolute atomic E-state index is 0.0827. The number of carbonyl (C=O) groups excluding carboxylic acids is 2. The molecule has 0 bridgehead atoms. The lowest BCUT2D eigenvalue weighted by Crippen LogP contribution is -2.45. The number of carbonyl (C=O) groups is 2. The SMILES string of the molecule is CCC(=O)Nc1cccc(C(=O)NCC(C)(C)N)c1. The van der Waals surface area contributed by atoms with Gasteiger partial charge in [0.1, 0.15) is 0 Å². The van der Waals surface area contributed by atoms with Gasteiger partial charge in [0.05, 0.1) is 0 Å². The molecule has 0 atom stereocenters. The Balaban J connectivity index is 2.70. The molecule has 1 rings (SSSR count). The first-order valence-corrected chi connectivity index (χ1v) is 6.29. The van der Waals surface area contributed by atoms with Crippen LogP contribution in [0, 0.1) is 0 Å². The van der Waals surface area contributed by atoms with E-state index in [2.05, 4.69) is 10.6 Å². The van der Waals surface area contributed by atoms with Gasteiger partial charge in [-0.2, -0.15) is 0 Å². The van der Waals surface area contributed by atoms with Crippen LogP contribution in [-0.4, -0.2) is 23.9 Å². The first-order chi connectivity index (χ1) is 8.81. The summed E-state index contributed by atoms with van der Waals surface area (Å²) in [6, 6.07) is 6.82. The molecule has 5 heteroatoms. The van der Waals surface area contributed by atoms with Crippen LogP contribution in [0.15, 0.2) is 24.3 Å². The molecule has 0 fully saturated rings. The van der Waals surface area contributed by atoms with E-state index in [4.69, 9.17) is 5.73 Å². The molecule has 1 aromatic rings. The lowest BCUT2D eigenvalue weighted by molar-refractivity contribution is -0.115. The molecule has 0 saturated heterocycles. The van der Waals surface area contributed by atoms with Gasteiger partial charge in [-0.1, -0.05) is 13.0 Å². The highest BCUT2D eigenvalue weighted by Crippen LogP contribution is 2.11. The van der Waals surface area contributed by atoms with Gasteiger partial charge in [-0.15, -0.1) is 0 Å². The van der Waals surface area contributed by atoms with Crippen molar-refractivity contribution in [2.45, 2.75) is 32.7 Å². The van der Waals surface area contributed by atoms with Gasteiger partial charge < -0.3 is 16.4 Å². The van der Waals surface area contributed by atoms with Crippen LogP contribution in [-0.2, 0) is 4.79 Å². The molecule has 19 heavy (non-hydrogen) atoms. The Morgan fingerprint density at radius 3 is 2.58 bits per heavy atom. The van der Waals surface area contributed by atoms with Crippen molar-refractivity contribution in [3.05, 3.63) is 29.8 Å². The van der Waals surface area contributed by atoms with E-state index in [1.807, 2.05) is 13.8 Å². The van der Waals surface area contributed by atoms with Crippen molar-refractivity contribution < 1.29 is 9.59 Å². The van der Waals surface area contributed by atoms with Crippen LogP contribution < -0.4 is 16.4 Å². The topological polar surface area (TPSA) is 84.2 Å². The molecule has 0 aromatic heterocycles. The highest BCUT2D eigenvalue weighted by atomic mass is 16.2. The number of nitrogens with one attached hydrogen (secondary N) is 2. The summed E-state index contributed by atoms with van der Waals surface area (Å²) in [6.45, 7) is 5.84. The molecule has 0 heterocycles. The van der Waals surface area contributed by atoms with E-state index in [1.54, 1.807) is 31.2 Å². The Hall–Kier alpha value is -1.88. The summed E-state index contributed by atoms with van der Waals surface area (Å²) in [5.41, 5.74) is 6.46. The van der Waals surface area contributed by atoms with Crippen LogP contribution in [0.1, 0.15) is 37.6 Å². The molecular formula is C14H21N3O2. The molecule has 5 nitrogen and oxygen atoms in total. The van der Waals surface area contributed by atoms with Gasteiger partial charge in [0.2, 0.25) is 5.91 Å². The van der Waals surface area contributed by atoms with Gasteiger partial charge in [0, 0.05) is 29.8 Å². The summed E-state index contributed by atoms with van der Waals surface area (Å²) in [5, 5.41) is 5.47. The largest absolute Gasteiger partial charge is 0.350 e. The fourth-order valence-corrected chi connectivity index (χ4v) is 1.40. The van der Waals surface area contributed by atoms with Gasteiger partial charge in [0.25, 0.3) is 5.91 Å². The Kier molecular flexibility index (Phi) is 5.06. The normalized spacial score (nSPS) is 10.9. The average Bonchev–Trinajstić information content (AvgIpc) is 2.35. The highest BCUT2D eigenvalue weighted by Gasteiger charge is 2.13. The second-order valence-electron chi connectivity index (χ2n) is 5.15. The summed E-state index contributed by atoms with van der Waals surface area (Å²) in [4.78, 5) is 23.2. The van der Waals surface area contributed by atoms with Gasteiger partial charge in [-0.05, 0) is 32.0 Å². The molecule has 0 spiro atoms. The fourth-order valence-electron chi connectivity index (χ4n) is 1.40. The maximum atomic E-state index is 11.9. The molecule has 1 aromatic carbocycles. The number of hydrogen-bond acceptors (Lipinski definition) is 3. The van der Waals surface area contributed by atoms with E-state index < -0.39 is 5.54 Å². The second-order valence-corrected chi connectivity index (χ2v) is 5.15. The lowest BCUT2D eigenvalue weighted by Gasteiger charge is -2.19. The third-order valence-electron chi connectivity index (χ3n) is 2.43. The first-order valence-electron chi connectivity index (χ1n) is 6.29. The number of benzene rings is 1. The molecule has 0 aliphatic carbocycles. The summed E-state index contributed by atoms with van der Waals surface area (Å²) in [5.74, 6) is -0.285. The van der Waals surface area contributed by atoms with Crippen LogP contribution in [0.4, 0.5) is 5.69 Å². The zero-order valence-electron chi connectivity index (χ0n) is 11.6. The van der Waals surface area contributed by atoms with Gasteiger partial charge in [0.15, 0.2) is 0 Å². The molecule has 104 valence electrons. The van der Waals surface area contributed by atoms with Crippen molar-refractivity contribution in [2.24, 2.45) is 5.73 Å². The Labute approximate surface area is 113 Å². The van der Waals surface area contributed by atoms with Crippen molar-refractivity contribution in [2.75, 3.05) is 11.9 Å². The van der Waals surface area contributed by atoms with E-state index in [0.717, 1.165) is 0 Å². The predicted molar refractivity (Wildman–Crippen MR) is 76.0 cm³/mol. The van der Waals surface area contributed by atoms with Crippen LogP contribution in [0.2, 0.25) is 0 Å². The van der Waals surface area contributed by atoms with E-state index >= 15 is 0 Å². The van der Waals surface area contributed by atoms with Crippen molar-refractivity contribution >= 4 is 17.5 Å². The Morgan fingerprint density at radius 1 is 1.32 bits per heavy atom. The molecule has 0 aliphatic rings. The Morgan fingerprint density at radius 2 is 2.00 bits per heavy atom. The van der Waals surface area contributed by atoms with Crippen molar-refractivity contribution in [1.82, 2.24) is 5.32 Å². The minimum atomic E-state index is -0.455. The molecule has 0 aliphatic heterocycles. The minimum Gasteiger partial charge on any atom is -0.350 e. The molecular weight excluding hydrogens is 242 g/mol. The number of anilines is 1. The van der Waals surface area contributed by atoms with E-state index in [0.29, 0.717) is 24.2 Å². The number of amides is 2. The quantitative estimate of drug-likeness (QED) is 0.752. The van der Waals surface area contributed by atoms with Crippen molar-refractivity contribution in [3.8, 4) is 0 Å². The number of hydrogen-bond donors (Lipinski definition) is 3. The zero-order valence-corrected chi connectivity index (χ0v) is 11.6. The summed E-state index contributed by atoms with van der Waals surface area (Å²) in [7, 11) is 0. The summed E-state index contributed by atoms with van der Waals surface area (Å²) >= 11 is 0. The second kappa shape index (κ2) is 6.33. The summed E-state index contributed by atoms with van der Waals surface area (Å²) in [6.07, 6.45) is 0.401. The Bertz CT molecular complexity index is 464. The molecule has 2 amide bonds. The van der Waals surface area contributed by atoms with Crippen LogP contribution in [0.25, 0.3) is 0 Å². The molecule has 4 N–H and O–H groups in total. The molecule has 0 saturated carbocycles. The van der Waals surface area contributed by atoms with Crippen molar-refractivity contribution in [3.63, 3.8) is 0 Å². The standard InChI is InChI=1S/C14H21N3O2/c1-4-12(18)17-11-7-5-6-10(8-11)13(19)16-9-14(2,3)15/h5-8H,4,9,15H2,1-3H3,(H,16,19)(H,17,18). The third kappa shape index (κ3) is 5.52. The van der Waals surface area contributed by atoms with Crippen LogP contribution in [0.5, 0.6) is 0 Å². The monoisotopic (exact) mass is 263 g/mol. The fraction of sp³-hybridized carbons (Fsp3) is 0.429. The van der Waals surface area contributed by atoms with Gasteiger partial charge in [-0.3, -0.25) is 9.59 Å².